The molecule has 0 saturated carbocycles. The summed E-state index contributed by atoms with van der Waals surface area (Å²) in [4.78, 5) is 41.0. The van der Waals surface area contributed by atoms with Gasteiger partial charge in [-0.25, -0.2) is 14.2 Å². The first kappa shape index (κ1) is 28.1. The number of anilines is 6. The Morgan fingerprint density at radius 1 is 0.953 bits per heavy atom. The van der Waals surface area contributed by atoms with Crippen LogP contribution < -0.4 is 21.3 Å². The maximum Gasteiger partial charge on any atom is 0.321 e. The largest absolute Gasteiger partial charge is 0.340 e. The smallest absolute Gasteiger partial charge is 0.321 e. The minimum Gasteiger partial charge on any atom is -0.340 e. The Morgan fingerprint density at radius 3 is 2.58 bits per heavy atom. The molecule has 6 rings (SSSR count). The topological polar surface area (TPSA) is 124 Å². The van der Waals surface area contributed by atoms with Gasteiger partial charge >= 0.3 is 6.03 Å². The number of hydrogen-bond acceptors (Lipinski definition) is 7. The zero-order chi connectivity index (χ0) is 29.8. The maximum atomic E-state index is 13.2. The molecule has 1 saturated heterocycles. The molecule has 1 fully saturated rings. The number of hydrogen-bond donors (Lipinski definition) is 4. The van der Waals surface area contributed by atoms with E-state index < -0.39 is 0 Å². The Balaban J connectivity index is 1.10. The number of carbonyl (C=O) groups excluding carboxylic acids is 2. The molecule has 43 heavy (non-hydrogen) atoms. The van der Waals surface area contributed by atoms with Gasteiger partial charge in [-0.15, -0.1) is 0 Å². The number of likely N-dealkylation sites (tertiary alicyclic amines) is 1. The van der Waals surface area contributed by atoms with Crippen LogP contribution in [0.25, 0.3) is 0 Å². The Kier molecular flexibility index (Phi) is 8.12. The van der Waals surface area contributed by atoms with E-state index in [4.69, 9.17) is 0 Å². The number of rotatable bonds is 4. The number of halogens is 1. The van der Waals surface area contributed by atoms with Gasteiger partial charge in [-0.05, 0) is 98.2 Å². The Labute approximate surface area is 249 Å². The molecule has 6 bridgehead atoms. The van der Waals surface area contributed by atoms with Gasteiger partial charge in [0.2, 0.25) is 11.9 Å². The highest BCUT2D eigenvalue weighted by Gasteiger charge is 2.25. The molecule has 4 heterocycles. The van der Waals surface area contributed by atoms with E-state index in [0.29, 0.717) is 43.4 Å². The number of aryl methyl sites for hydroxylation is 3. The molecule has 2 aliphatic heterocycles. The summed E-state index contributed by atoms with van der Waals surface area (Å²) in [7, 11) is 0. The average Bonchev–Trinajstić information content (AvgIpc) is 3.00. The van der Waals surface area contributed by atoms with Gasteiger partial charge in [0.05, 0.1) is 11.9 Å². The minimum absolute atomic E-state index is 0.0433. The zero-order valence-electron chi connectivity index (χ0n) is 23.9. The summed E-state index contributed by atoms with van der Waals surface area (Å²) in [6.07, 6.45) is 8.66. The van der Waals surface area contributed by atoms with Crippen molar-refractivity contribution in [1.29, 1.82) is 0 Å². The van der Waals surface area contributed by atoms with Gasteiger partial charge in [0, 0.05) is 54.5 Å². The van der Waals surface area contributed by atoms with Crippen LogP contribution in [0, 0.1) is 18.7 Å². The van der Waals surface area contributed by atoms with E-state index in [1.54, 1.807) is 17.3 Å². The van der Waals surface area contributed by atoms with Crippen LogP contribution in [0.3, 0.4) is 0 Å². The van der Waals surface area contributed by atoms with Gasteiger partial charge < -0.3 is 26.2 Å². The van der Waals surface area contributed by atoms with E-state index in [1.807, 2.05) is 31.3 Å². The highest BCUT2D eigenvalue weighted by atomic mass is 19.1. The molecule has 10 nitrogen and oxygen atoms in total. The van der Waals surface area contributed by atoms with E-state index in [2.05, 4.69) is 42.3 Å². The predicted octanol–water partition coefficient (Wildman–Crippen LogP) is 6.18. The van der Waals surface area contributed by atoms with Crippen molar-refractivity contribution in [3.8, 4) is 0 Å². The van der Waals surface area contributed by atoms with Crippen molar-refractivity contribution in [1.82, 2.24) is 19.9 Å². The monoisotopic (exact) mass is 580 g/mol. The molecule has 4 N–H and O–H groups in total. The van der Waals surface area contributed by atoms with Gasteiger partial charge in [0.1, 0.15) is 11.6 Å². The normalized spacial score (nSPS) is 14.7. The molecule has 2 aromatic heterocycles. The second kappa shape index (κ2) is 12.4. The van der Waals surface area contributed by atoms with Crippen LogP contribution in [0.15, 0.2) is 67.1 Å². The van der Waals surface area contributed by atoms with E-state index in [-0.39, 0.29) is 23.7 Å². The number of urea groups is 1. The minimum atomic E-state index is -0.350. The Hall–Kier alpha value is -5.06. The van der Waals surface area contributed by atoms with E-state index >= 15 is 0 Å². The van der Waals surface area contributed by atoms with Crippen molar-refractivity contribution in [3.05, 3.63) is 89.6 Å². The standard InChI is InChI=1S/C32H33FN8O2/c1-20-17-35-31-37-27-14-22(18-34-19-27)2-3-23-16-26(36-30(20)40-31)8-9-28(23)39-29(42)15-21-10-12-41(13-11-21)32(43)38-25-6-4-24(33)5-7-25/h4-9,14,16-19,21H,2-3,10-13,15H2,1H3,(H,38,43)(H,39,42)(H2,35,36,37,40). The third-order valence-electron chi connectivity index (χ3n) is 7.82. The van der Waals surface area contributed by atoms with E-state index in [0.717, 1.165) is 53.0 Å². The first-order valence-electron chi connectivity index (χ1n) is 14.4. The molecule has 3 amide bonds. The number of piperidine rings is 1. The molecule has 0 aliphatic carbocycles. The van der Waals surface area contributed by atoms with Crippen LogP contribution in [0.5, 0.6) is 0 Å². The first-order valence-corrected chi connectivity index (χ1v) is 14.4. The number of pyridine rings is 1. The fourth-order valence-corrected chi connectivity index (χ4v) is 5.41. The molecule has 4 aromatic rings. The molecule has 0 spiro atoms. The van der Waals surface area contributed by atoms with Crippen molar-refractivity contribution in [2.75, 3.05) is 34.4 Å². The van der Waals surface area contributed by atoms with Crippen LogP contribution in [-0.2, 0) is 17.6 Å². The zero-order valence-corrected chi connectivity index (χ0v) is 23.9. The first-order chi connectivity index (χ1) is 20.9. The quantitative estimate of drug-likeness (QED) is 0.227. The molecule has 0 unspecified atom stereocenters. The Morgan fingerprint density at radius 2 is 1.77 bits per heavy atom. The van der Waals surface area contributed by atoms with Gasteiger partial charge in [-0.1, -0.05) is 0 Å². The summed E-state index contributed by atoms with van der Waals surface area (Å²) in [5, 5.41) is 12.6. The summed E-state index contributed by atoms with van der Waals surface area (Å²) in [5.41, 5.74) is 5.99. The van der Waals surface area contributed by atoms with Gasteiger partial charge in [-0.2, -0.15) is 4.98 Å². The SMILES string of the molecule is Cc1cnc2nc1Nc1ccc(NC(=O)CC3CCN(C(=O)Nc4ccc(F)cc4)CC3)c(c1)CCc1cncc(c1)N2. The van der Waals surface area contributed by atoms with Crippen molar-refractivity contribution in [2.24, 2.45) is 5.92 Å². The molecule has 11 heteroatoms. The molecule has 0 atom stereocenters. The van der Waals surface area contributed by atoms with Crippen LogP contribution in [0.4, 0.5) is 43.7 Å². The summed E-state index contributed by atoms with van der Waals surface area (Å²) < 4.78 is 13.2. The summed E-state index contributed by atoms with van der Waals surface area (Å²) in [6.45, 7) is 3.07. The molecular weight excluding hydrogens is 547 g/mol. The number of aromatic nitrogens is 3. The number of amides is 3. The predicted molar refractivity (Wildman–Crippen MR) is 164 cm³/mol. The fraction of sp³-hybridized carbons (Fsp3) is 0.281. The van der Waals surface area contributed by atoms with Crippen molar-refractivity contribution in [2.45, 2.75) is 39.0 Å². The molecule has 2 aromatic carbocycles. The highest BCUT2D eigenvalue weighted by Crippen LogP contribution is 2.29. The van der Waals surface area contributed by atoms with E-state index in [1.165, 1.54) is 24.3 Å². The van der Waals surface area contributed by atoms with Crippen LogP contribution in [0.2, 0.25) is 0 Å². The van der Waals surface area contributed by atoms with Crippen molar-refractivity contribution >= 4 is 46.5 Å². The molecule has 220 valence electrons. The number of carbonyl (C=O) groups is 2. The molecule has 2 aliphatic rings. The summed E-state index contributed by atoms with van der Waals surface area (Å²) in [6, 6.07) is 13.4. The van der Waals surface area contributed by atoms with Crippen molar-refractivity contribution < 1.29 is 14.0 Å². The third-order valence-corrected chi connectivity index (χ3v) is 7.82. The van der Waals surface area contributed by atoms with Gasteiger partial charge in [0.25, 0.3) is 0 Å². The highest BCUT2D eigenvalue weighted by molar-refractivity contribution is 5.92. The Bertz CT molecular complexity index is 1640. The van der Waals surface area contributed by atoms with Crippen LogP contribution >= 0.6 is 0 Å². The summed E-state index contributed by atoms with van der Waals surface area (Å²) in [5.74, 6) is 0.962. The number of fused-ring (bicyclic) bond motifs is 6. The van der Waals surface area contributed by atoms with Gasteiger partial charge in [0.15, 0.2) is 0 Å². The lowest BCUT2D eigenvalue weighted by Gasteiger charge is -2.31. The lowest BCUT2D eigenvalue weighted by Crippen LogP contribution is -2.41. The molecular formula is C32H33FN8O2. The number of benzene rings is 2. The summed E-state index contributed by atoms with van der Waals surface area (Å²) >= 11 is 0. The molecule has 0 radical (unpaired) electrons. The lowest BCUT2D eigenvalue weighted by molar-refractivity contribution is -0.117. The third kappa shape index (κ3) is 7.06. The number of nitrogens with one attached hydrogen (secondary N) is 4. The van der Waals surface area contributed by atoms with Gasteiger partial charge in [-0.3, -0.25) is 9.78 Å². The van der Waals surface area contributed by atoms with E-state index in [9.17, 15) is 14.0 Å². The second-order valence-corrected chi connectivity index (χ2v) is 11.0. The number of nitrogens with zero attached hydrogens (tertiary/aromatic N) is 4. The fourth-order valence-electron chi connectivity index (χ4n) is 5.41. The lowest BCUT2D eigenvalue weighted by atomic mass is 9.93. The average molecular weight is 581 g/mol. The van der Waals surface area contributed by atoms with Crippen LogP contribution in [-0.4, -0.2) is 44.9 Å². The second-order valence-electron chi connectivity index (χ2n) is 11.0. The maximum absolute atomic E-state index is 13.2. The van der Waals surface area contributed by atoms with Crippen LogP contribution in [0.1, 0.15) is 36.0 Å². The van der Waals surface area contributed by atoms with Crippen molar-refractivity contribution in [3.63, 3.8) is 0 Å².